The van der Waals surface area contributed by atoms with E-state index < -0.39 is 5.41 Å². The van der Waals surface area contributed by atoms with E-state index in [1.54, 1.807) is 19.0 Å². The van der Waals surface area contributed by atoms with E-state index in [1.807, 2.05) is 11.8 Å². The summed E-state index contributed by atoms with van der Waals surface area (Å²) in [6, 6.07) is 0.0304. The first-order chi connectivity index (χ1) is 9.43. The Morgan fingerprint density at radius 3 is 2.30 bits per heavy atom. The molecule has 0 aromatic rings. The summed E-state index contributed by atoms with van der Waals surface area (Å²) in [4.78, 5) is 30.1. The topological polar surface area (TPSA) is 89.4 Å². The Balaban J connectivity index is 2.08. The number of azide groups is 1. The van der Waals surface area contributed by atoms with Gasteiger partial charge in [-0.1, -0.05) is 6.92 Å². The monoisotopic (exact) mass is 279 g/mol. The van der Waals surface area contributed by atoms with Crippen LogP contribution in [0.5, 0.6) is 0 Å². The van der Waals surface area contributed by atoms with Crippen molar-refractivity contribution < 1.29 is 9.59 Å². The van der Waals surface area contributed by atoms with Gasteiger partial charge in [-0.2, -0.15) is 0 Å². The molecular formula is C13H21N5O2. The minimum atomic E-state index is -0.505. The van der Waals surface area contributed by atoms with Gasteiger partial charge in [-0.15, -0.1) is 0 Å². The van der Waals surface area contributed by atoms with E-state index in [-0.39, 0.29) is 11.9 Å². The molecule has 110 valence electrons. The van der Waals surface area contributed by atoms with Crippen molar-refractivity contribution >= 4 is 11.9 Å². The van der Waals surface area contributed by atoms with E-state index in [9.17, 15) is 9.59 Å². The molecule has 3 amide bonds. The lowest BCUT2D eigenvalue weighted by molar-refractivity contribution is -0.127. The molecule has 20 heavy (non-hydrogen) atoms. The van der Waals surface area contributed by atoms with Crippen molar-refractivity contribution in [2.24, 2.45) is 22.4 Å². The van der Waals surface area contributed by atoms with Gasteiger partial charge in [0.05, 0.1) is 0 Å². The van der Waals surface area contributed by atoms with Crippen LogP contribution in [0, 0.1) is 17.3 Å². The predicted octanol–water partition coefficient (Wildman–Crippen LogP) is 2.24. The summed E-state index contributed by atoms with van der Waals surface area (Å²) < 4.78 is 0. The number of amides is 3. The van der Waals surface area contributed by atoms with Crippen LogP contribution in [0.1, 0.15) is 26.2 Å². The summed E-state index contributed by atoms with van der Waals surface area (Å²) in [6.45, 7) is 3.37. The largest absolute Gasteiger partial charge is 0.331 e. The van der Waals surface area contributed by atoms with Crippen molar-refractivity contribution in [2.75, 3.05) is 27.2 Å². The maximum atomic E-state index is 12.0. The van der Waals surface area contributed by atoms with Gasteiger partial charge in [-0.3, -0.25) is 4.79 Å². The average molecular weight is 279 g/mol. The lowest BCUT2D eigenvalue weighted by Gasteiger charge is -2.28. The standard InChI is InChI=1S/C13H21N5O2/c1-4-13(11(19)15-16-14)5-9-7-18(8-10(9)6-13)12(20)17(2)3/h9-10H,4-8H2,1-3H3. The highest BCUT2D eigenvalue weighted by Crippen LogP contribution is 2.51. The molecule has 7 heteroatoms. The molecule has 1 saturated carbocycles. The normalized spacial score (nSPS) is 31.6. The molecule has 0 aromatic carbocycles. The highest BCUT2D eigenvalue weighted by atomic mass is 16.2. The van der Waals surface area contributed by atoms with Crippen LogP contribution in [0.4, 0.5) is 4.79 Å². The van der Waals surface area contributed by atoms with Crippen molar-refractivity contribution in [3.05, 3.63) is 10.4 Å². The van der Waals surface area contributed by atoms with Crippen LogP contribution in [-0.2, 0) is 4.79 Å². The first-order valence-corrected chi connectivity index (χ1v) is 6.99. The number of carbonyl (C=O) groups excluding carboxylic acids is 2. The van der Waals surface area contributed by atoms with Gasteiger partial charge in [0.1, 0.15) is 0 Å². The fourth-order valence-corrected chi connectivity index (χ4v) is 3.69. The van der Waals surface area contributed by atoms with Gasteiger partial charge in [0, 0.05) is 37.5 Å². The minimum absolute atomic E-state index is 0.0304. The molecule has 1 heterocycles. The number of hydrogen-bond donors (Lipinski definition) is 0. The Bertz CT molecular complexity index is 455. The quantitative estimate of drug-likeness (QED) is 0.440. The summed E-state index contributed by atoms with van der Waals surface area (Å²) >= 11 is 0. The molecule has 0 N–H and O–H groups in total. The number of fused-ring (bicyclic) bond motifs is 1. The highest BCUT2D eigenvalue weighted by Gasteiger charge is 2.52. The predicted molar refractivity (Wildman–Crippen MR) is 73.7 cm³/mol. The van der Waals surface area contributed by atoms with Gasteiger partial charge in [0.2, 0.25) is 5.91 Å². The van der Waals surface area contributed by atoms with E-state index in [2.05, 4.69) is 10.0 Å². The number of urea groups is 1. The number of rotatable bonds is 2. The van der Waals surface area contributed by atoms with E-state index in [0.717, 1.165) is 12.8 Å². The molecule has 1 aliphatic heterocycles. The second-order valence-corrected chi connectivity index (χ2v) is 6.14. The average Bonchev–Trinajstić information content (AvgIpc) is 2.93. The van der Waals surface area contributed by atoms with Crippen molar-refractivity contribution in [1.29, 1.82) is 0 Å². The summed E-state index contributed by atoms with van der Waals surface area (Å²) in [5.41, 5.74) is 7.96. The first-order valence-electron chi connectivity index (χ1n) is 6.99. The molecule has 1 aliphatic carbocycles. The van der Waals surface area contributed by atoms with E-state index in [4.69, 9.17) is 5.53 Å². The van der Waals surface area contributed by atoms with Crippen LogP contribution < -0.4 is 0 Å². The lowest BCUT2D eigenvalue weighted by Crippen LogP contribution is -2.39. The highest BCUT2D eigenvalue weighted by molar-refractivity contribution is 5.84. The molecular weight excluding hydrogens is 258 g/mol. The Kier molecular flexibility index (Phi) is 3.90. The van der Waals surface area contributed by atoms with E-state index in [1.165, 1.54) is 0 Å². The molecule has 0 spiro atoms. The molecule has 1 saturated heterocycles. The number of likely N-dealkylation sites (tertiary alicyclic amines) is 1. The molecule has 0 aromatic heterocycles. The Hall–Kier alpha value is -1.75. The van der Waals surface area contributed by atoms with Crippen LogP contribution >= 0.6 is 0 Å². The molecule has 2 atom stereocenters. The maximum absolute atomic E-state index is 12.0. The van der Waals surface area contributed by atoms with Crippen molar-refractivity contribution in [3.8, 4) is 0 Å². The van der Waals surface area contributed by atoms with Gasteiger partial charge >= 0.3 is 6.03 Å². The maximum Gasteiger partial charge on any atom is 0.319 e. The first kappa shape index (κ1) is 14.7. The van der Waals surface area contributed by atoms with Gasteiger partial charge < -0.3 is 9.80 Å². The zero-order chi connectivity index (χ0) is 14.9. The van der Waals surface area contributed by atoms with Crippen LogP contribution in [0.15, 0.2) is 5.11 Å². The molecule has 0 radical (unpaired) electrons. The fraction of sp³-hybridized carbons (Fsp3) is 0.846. The van der Waals surface area contributed by atoms with Gasteiger partial charge in [0.15, 0.2) is 0 Å². The summed E-state index contributed by atoms with van der Waals surface area (Å²) in [6.07, 6.45) is 2.14. The third kappa shape index (κ3) is 2.33. The van der Waals surface area contributed by atoms with Crippen molar-refractivity contribution in [3.63, 3.8) is 0 Å². The summed E-state index contributed by atoms with van der Waals surface area (Å²) in [5.74, 6) is 0.357. The number of nitrogens with zero attached hydrogens (tertiary/aromatic N) is 5. The second-order valence-electron chi connectivity index (χ2n) is 6.14. The summed E-state index contributed by atoms with van der Waals surface area (Å²) in [7, 11) is 3.50. The smallest absolute Gasteiger partial charge is 0.319 e. The molecule has 2 unspecified atom stereocenters. The minimum Gasteiger partial charge on any atom is -0.331 e. The number of hydrogen-bond acceptors (Lipinski definition) is 2. The van der Waals surface area contributed by atoms with Crippen molar-refractivity contribution in [2.45, 2.75) is 26.2 Å². The summed E-state index contributed by atoms with van der Waals surface area (Å²) in [5, 5.41) is 3.31. The van der Waals surface area contributed by atoms with Crippen molar-refractivity contribution in [1.82, 2.24) is 9.80 Å². The van der Waals surface area contributed by atoms with Gasteiger partial charge in [-0.25, -0.2) is 4.79 Å². The second kappa shape index (κ2) is 5.32. The SMILES string of the molecule is CCC1(C(=O)N=[N+]=[N-])CC2CN(C(=O)N(C)C)CC2C1. The molecule has 0 bridgehead atoms. The zero-order valence-corrected chi connectivity index (χ0v) is 12.2. The molecule has 2 rings (SSSR count). The van der Waals surface area contributed by atoms with Crippen LogP contribution in [0.2, 0.25) is 0 Å². The van der Waals surface area contributed by atoms with Gasteiger partial charge in [0.25, 0.3) is 0 Å². The Labute approximate surface area is 118 Å². The van der Waals surface area contributed by atoms with Crippen LogP contribution in [0.3, 0.4) is 0 Å². The Morgan fingerprint density at radius 2 is 1.90 bits per heavy atom. The fourth-order valence-electron chi connectivity index (χ4n) is 3.69. The molecule has 2 fully saturated rings. The van der Waals surface area contributed by atoms with Crippen LogP contribution in [0.25, 0.3) is 10.4 Å². The third-order valence-electron chi connectivity index (χ3n) is 4.80. The lowest BCUT2D eigenvalue weighted by atomic mass is 9.81. The Morgan fingerprint density at radius 1 is 1.35 bits per heavy atom. The third-order valence-corrected chi connectivity index (χ3v) is 4.80. The van der Waals surface area contributed by atoms with Crippen LogP contribution in [-0.4, -0.2) is 48.9 Å². The van der Waals surface area contributed by atoms with E-state index in [0.29, 0.717) is 31.3 Å². The zero-order valence-electron chi connectivity index (χ0n) is 12.2. The number of carbonyl (C=O) groups is 2. The molecule has 2 aliphatic rings. The van der Waals surface area contributed by atoms with E-state index >= 15 is 0 Å². The molecule has 7 nitrogen and oxygen atoms in total. The van der Waals surface area contributed by atoms with Gasteiger partial charge in [-0.05, 0) is 41.7 Å².